The summed E-state index contributed by atoms with van der Waals surface area (Å²) in [5, 5.41) is 0.647. The second-order valence-electron chi connectivity index (χ2n) is 5.82. The summed E-state index contributed by atoms with van der Waals surface area (Å²) in [6.07, 6.45) is 1.67. The Labute approximate surface area is 120 Å². The fraction of sp³-hybridized carbons (Fsp3) is 0.929. The van der Waals surface area contributed by atoms with Crippen LogP contribution in [0.1, 0.15) is 26.7 Å². The van der Waals surface area contributed by atoms with Gasteiger partial charge in [0.05, 0.1) is 13.0 Å². The highest BCUT2D eigenvalue weighted by Gasteiger charge is 2.45. The number of piperazine rings is 1. The normalized spacial score (nSPS) is 33.5. The van der Waals surface area contributed by atoms with E-state index in [0.717, 1.165) is 38.4 Å². The molecule has 0 aromatic rings. The molecule has 0 aliphatic carbocycles. The number of rotatable bonds is 4. The molecule has 0 N–H and O–H groups in total. The van der Waals surface area contributed by atoms with Gasteiger partial charge in [-0.15, -0.1) is 0 Å². The van der Waals surface area contributed by atoms with Gasteiger partial charge in [-0.3, -0.25) is 9.69 Å². The summed E-state index contributed by atoms with van der Waals surface area (Å²) in [6, 6.07) is 0. The summed E-state index contributed by atoms with van der Waals surface area (Å²) >= 11 is 2.00. The Balaban J connectivity index is 2.04. The first-order chi connectivity index (χ1) is 9.05. The molecule has 2 fully saturated rings. The first-order valence-corrected chi connectivity index (χ1v) is 8.31. The SMILES string of the molecule is CCOC(=O)CC1(N2CCN(C)CC2)CSC(C)C1. The molecule has 0 bridgehead atoms. The van der Waals surface area contributed by atoms with Crippen LogP contribution in [0.4, 0.5) is 0 Å². The monoisotopic (exact) mass is 286 g/mol. The number of esters is 1. The van der Waals surface area contributed by atoms with Gasteiger partial charge in [0.25, 0.3) is 0 Å². The Kier molecular flexibility index (Phi) is 5.15. The average molecular weight is 286 g/mol. The van der Waals surface area contributed by atoms with Crippen LogP contribution in [0.25, 0.3) is 0 Å². The lowest BCUT2D eigenvalue weighted by atomic mass is 9.89. The van der Waals surface area contributed by atoms with Crippen molar-refractivity contribution in [2.45, 2.75) is 37.5 Å². The summed E-state index contributed by atoms with van der Waals surface area (Å²) in [7, 11) is 2.17. The van der Waals surface area contributed by atoms with Crippen LogP contribution in [-0.2, 0) is 9.53 Å². The molecule has 19 heavy (non-hydrogen) atoms. The van der Waals surface area contributed by atoms with Crippen molar-refractivity contribution in [2.75, 3.05) is 45.6 Å². The minimum Gasteiger partial charge on any atom is -0.466 e. The lowest BCUT2D eigenvalue weighted by molar-refractivity contribution is -0.146. The molecule has 0 aromatic carbocycles. The third kappa shape index (κ3) is 3.64. The smallest absolute Gasteiger partial charge is 0.307 e. The van der Waals surface area contributed by atoms with Crippen molar-refractivity contribution in [3.8, 4) is 0 Å². The third-order valence-corrected chi connectivity index (χ3v) is 5.70. The maximum absolute atomic E-state index is 11.9. The van der Waals surface area contributed by atoms with Crippen LogP contribution in [0.5, 0.6) is 0 Å². The van der Waals surface area contributed by atoms with Gasteiger partial charge >= 0.3 is 5.97 Å². The van der Waals surface area contributed by atoms with Gasteiger partial charge in [0.1, 0.15) is 0 Å². The highest BCUT2D eigenvalue weighted by atomic mass is 32.2. The van der Waals surface area contributed by atoms with E-state index in [2.05, 4.69) is 23.8 Å². The van der Waals surface area contributed by atoms with E-state index >= 15 is 0 Å². The molecule has 4 nitrogen and oxygen atoms in total. The van der Waals surface area contributed by atoms with E-state index in [-0.39, 0.29) is 11.5 Å². The largest absolute Gasteiger partial charge is 0.466 e. The van der Waals surface area contributed by atoms with Gasteiger partial charge in [0.15, 0.2) is 0 Å². The van der Waals surface area contributed by atoms with E-state index in [9.17, 15) is 4.79 Å². The topological polar surface area (TPSA) is 32.8 Å². The van der Waals surface area contributed by atoms with Crippen molar-refractivity contribution in [1.82, 2.24) is 9.80 Å². The number of hydrogen-bond donors (Lipinski definition) is 0. The van der Waals surface area contributed by atoms with Crippen LogP contribution in [0, 0.1) is 0 Å². The minimum atomic E-state index is -0.0314. The summed E-state index contributed by atoms with van der Waals surface area (Å²) in [4.78, 5) is 16.9. The Hall–Kier alpha value is -0.260. The molecule has 2 aliphatic heterocycles. The number of hydrogen-bond acceptors (Lipinski definition) is 5. The lowest BCUT2D eigenvalue weighted by Crippen LogP contribution is -2.57. The lowest BCUT2D eigenvalue weighted by Gasteiger charge is -2.44. The fourth-order valence-electron chi connectivity index (χ4n) is 3.17. The zero-order valence-corrected chi connectivity index (χ0v) is 13.2. The first kappa shape index (κ1) is 15.1. The average Bonchev–Trinajstić information content (AvgIpc) is 2.73. The van der Waals surface area contributed by atoms with Gasteiger partial charge < -0.3 is 9.64 Å². The summed E-state index contributed by atoms with van der Waals surface area (Å²) in [6.45, 7) is 8.99. The molecule has 2 aliphatic rings. The molecule has 2 unspecified atom stereocenters. The maximum atomic E-state index is 11.9. The molecule has 0 aromatic heterocycles. The predicted octanol–water partition coefficient (Wildman–Crippen LogP) is 1.45. The highest BCUT2D eigenvalue weighted by molar-refractivity contribution is 8.00. The van der Waals surface area contributed by atoms with E-state index in [0.29, 0.717) is 18.3 Å². The maximum Gasteiger partial charge on any atom is 0.307 e. The standard InChI is InChI=1S/C14H26N2O2S/c1-4-18-13(17)10-14(9-12(2)19-11-14)16-7-5-15(3)6-8-16/h12H,4-11H2,1-3H3. The predicted molar refractivity (Wildman–Crippen MR) is 79.6 cm³/mol. The van der Waals surface area contributed by atoms with Crippen LogP contribution >= 0.6 is 11.8 Å². The van der Waals surface area contributed by atoms with E-state index in [1.165, 1.54) is 0 Å². The van der Waals surface area contributed by atoms with E-state index in [1.54, 1.807) is 0 Å². The quantitative estimate of drug-likeness (QED) is 0.731. The summed E-state index contributed by atoms with van der Waals surface area (Å²) < 4.78 is 5.19. The Morgan fingerprint density at radius 1 is 1.37 bits per heavy atom. The van der Waals surface area contributed by atoms with Crippen molar-refractivity contribution >= 4 is 17.7 Å². The van der Waals surface area contributed by atoms with Crippen molar-refractivity contribution in [1.29, 1.82) is 0 Å². The molecule has 2 heterocycles. The van der Waals surface area contributed by atoms with Gasteiger partial charge in [0.2, 0.25) is 0 Å². The molecule has 2 atom stereocenters. The van der Waals surface area contributed by atoms with Crippen molar-refractivity contribution in [2.24, 2.45) is 0 Å². The van der Waals surface area contributed by atoms with Crippen LogP contribution in [-0.4, -0.2) is 72.1 Å². The Bertz CT molecular complexity index is 319. The molecule has 2 rings (SSSR count). The van der Waals surface area contributed by atoms with Crippen molar-refractivity contribution < 1.29 is 9.53 Å². The van der Waals surface area contributed by atoms with Crippen molar-refractivity contribution in [3.05, 3.63) is 0 Å². The highest BCUT2D eigenvalue weighted by Crippen LogP contribution is 2.41. The number of likely N-dealkylation sites (N-methyl/N-ethyl adjacent to an activating group) is 1. The first-order valence-electron chi connectivity index (χ1n) is 7.26. The van der Waals surface area contributed by atoms with E-state index in [1.807, 2.05) is 18.7 Å². The Morgan fingerprint density at radius 3 is 2.58 bits per heavy atom. The molecule has 0 spiro atoms. The van der Waals surface area contributed by atoms with Crippen LogP contribution in [0.2, 0.25) is 0 Å². The van der Waals surface area contributed by atoms with Gasteiger partial charge in [0, 0.05) is 42.7 Å². The minimum absolute atomic E-state index is 0.0314. The number of ether oxygens (including phenoxy) is 1. The van der Waals surface area contributed by atoms with Gasteiger partial charge in [-0.05, 0) is 20.4 Å². The summed E-state index contributed by atoms with van der Waals surface area (Å²) in [5.41, 5.74) is 0.0393. The van der Waals surface area contributed by atoms with Crippen LogP contribution in [0.3, 0.4) is 0 Å². The number of carbonyl (C=O) groups excluding carboxylic acids is 1. The summed E-state index contributed by atoms with van der Waals surface area (Å²) in [5.74, 6) is 1.03. The molecule has 0 amide bonds. The number of carbonyl (C=O) groups is 1. The molecule has 2 saturated heterocycles. The van der Waals surface area contributed by atoms with Crippen LogP contribution in [0.15, 0.2) is 0 Å². The second-order valence-corrected chi connectivity index (χ2v) is 7.25. The molecular weight excluding hydrogens is 260 g/mol. The van der Waals surface area contributed by atoms with Gasteiger partial charge in [-0.2, -0.15) is 11.8 Å². The number of nitrogens with zero attached hydrogens (tertiary/aromatic N) is 2. The number of thioether (sulfide) groups is 1. The Morgan fingerprint density at radius 2 is 2.05 bits per heavy atom. The molecular formula is C14H26N2O2S. The van der Waals surface area contributed by atoms with Crippen LogP contribution < -0.4 is 0 Å². The third-order valence-electron chi connectivity index (χ3n) is 4.26. The van der Waals surface area contributed by atoms with Gasteiger partial charge in [-0.25, -0.2) is 0 Å². The van der Waals surface area contributed by atoms with Gasteiger partial charge in [-0.1, -0.05) is 6.92 Å². The zero-order chi connectivity index (χ0) is 13.9. The molecule has 0 saturated carbocycles. The van der Waals surface area contributed by atoms with E-state index in [4.69, 9.17) is 4.74 Å². The fourth-order valence-corrected chi connectivity index (χ4v) is 4.59. The molecule has 0 radical (unpaired) electrons. The van der Waals surface area contributed by atoms with Crippen molar-refractivity contribution in [3.63, 3.8) is 0 Å². The molecule has 110 valence electrons. The zero-order valence-electron chi connectivity index (χ0n) is 12.4. The second kappa shape index (κ2) is 6.46. The van der Waals surface area contributed by atoms with E-state index < -0.39 is 0 Å². The molecule has 5 heteroatoms.